The Bertz CT molecular complexity index is 637. The number of nitrogens with two attached hydrogens (primary N) is 1. The molecule has 0 aliphatic carbocycles. The number of hydrazine groups is 2. The summed E-state index contributed by atoms with van der Waals surface area (Å²) in [6, 6.07) is 2.60. The topological polar surface area (TPSA) is 79.1 Å². The van der Waals surface area contributed by atoms with E-state index < -0.39 is 11.8 Å². The van der Waals surface area contributed by atoms with Gasteiger partial charge in [0.25, 0.3) is 0 Å². The fourth-order valence-corrected chi connectivity index (χ4v) is 2.67. The second kappa shape index (κ2) is 5.45. The SMILES string of the molecule is CN1CC(=O)Oc2cc(F)c(N(N)N3CCCCC3=O)cc21. The maximum atomic E-state index is 14.3. The highest BCUT2D eigenvalue weighted by molar-refractivity contribution is 5.86. The van der Waals surface area contributed by atoms with Crippen LogP contribution in [0.4, 0.5) is 15.8 Å². The lowest BCUT2D eigenvalue weighted by Gasteiger charge is -2.36. The third-order valence-corrected chi connectivity index (χ3v) is 3.84. The Hall–Kier alpha value is -2.35. The number of likely N-dealkylation sites (N-methyl/N-ethyl adjacent to an activating group) is 1. The van der Waals surface area contributed by atoms with Gasteiger partial charge in [-0.15, -0.1) is 0 Å². The molecule has 0 unspecified atom stereocenters. The molecule has 118 valence electrons. The average molecular weight is 308 g/mol. The number of carbonyl (C=O) groups excluding carboxylic acids is 2. The molecule has 1 amide bonds. The molecule has 0 spiro atoms. The predicted octanol–water partition coefficient (Wildman–Crippen LogP) is 0.788. The van der Waals surface area contributed by atoms with Gasteiger partial charge in [0.05, 0.1) is 5.69 Å². The average Bonchev–Trinajstić information content (AvgIpc) is 2.46. The molecule has 7 nitrogen and oxygen atoms in total. The van der Waals surface area contributed by atoms with Gasteiger partial charge in [0.2, 0.25) is 5.91 Å². The first kappa shape index (κ1) is 14.6. The van der Waals surface area contributed by atoms with Crippen molar-refractivity contribution in [2.75, 3.05) is 30.2 Å². The summed E-state index contributed by atoms with van der Waals surface area (Å²) in [7, 11) is 1.70. The summed E-state index contributed by atoms with van der Waals surface area (Å²) >= 11 is 0. The molecule has 1 saturated heterocycles. The lowest BCUT2D eigenvalue weighted by Crippen LogP contribution is -2.53. The maximum Gasteiger partial charge on any atom is 0.330 e. The van der Waals surface area contributed by atoms with Gasteiger partial charge >= 0.3 is 5.97 Å². The van der Waals surface area contributed by atoms with Gasteiger partial charge in [-0.25, -0.2) is 25.2 Å². The van der Waals surface area contributed by atoms with E-state index in [0.29, 0.717) is 18.7 Å². The number of hydrogen-bond donors (Lipinski definition) is 1. The monoisotopic (exact) mass is 308 g/mol. The van der Waals surface area contributed by atoms with Crippen LogP contribution in [-0.2, 0) is 9.59 Å². The number of anilines is 2. The largest absolute Gasteiger partial charge is 0.423 e. The zero-order valence-corrected chi connectivity index (χ0v) is 12.2. The minimum absolute atomic E-state index is 0.0683. The molecule has 0 bridgehead atoms. The summed E-state index contributed by atoms with van der Waals surface area (Å²) in [6.07, 6.45) is 2.04. The fraction of sp³-hybridized carbons (Fsp3) is 0.429. The van der Waals surface area contributed by atoms with Gasteiger partial charge in [0.1, 0.15) is 12.2 Å². The van der Waals surface area contributed by atoms with Crippen LogP contribution >= 0.6 is 0 Å². The van der Waals surface area contributed by atoms with Crippen LogP contribution in [0.2, 0.25) is 0 Å². The first-order valence-electron chi connectivity index (χ1n) is 7.08. The number of carbonyl (C=O) groups is 2. The van der Waals surface area contributed by atoms with E-state index in [0.717, 1.165) is 24.0 Å². The summed E-state index contributed by atoms with van der Waals surface area (Å²) in [5, 5.41) is 2.38. The summed E-state index contributed by atoms with van der Waals surface area (Å²) in [4.78, 5) is 24.9. The molecular formula is C14H17FN4O3. The van der Waals surface area contributed by atoms with E-state index in [-0.39, 0.29) is 23.9 Å². The van der Waals surface area contributed by atoms with E-state index in [1.54, 1.807) is 11.9 Å². The predicted molar refractivity (Wildman–Crippen MR) is 77.5 cm³/mol. The van der Waals surface area contributed by atoms with Crippen molar-refractivity contribution in [2.24, 2.45) is 5.84 Å². The van der Waals surface area contributed by atoms with E-state index in [1.165, 1.54) is 11.1 Å². The first-order valence-corrected chi connectivity index (χ1v) is 7.08. The quantitative estimate of drug-likeness (QED) is 0.377. The molecule has 0 atom stereocenters. The number of nitrogens with zero attached hydrogens (tertiary/aromatic N) is 3. The van der Waals surface area contributed by atoms with E-state index in [9.17, 15) is 14.0 Å². The number of esters is 1. The molecule has 3 rings (SSSR count). The van der Waals surface area contributed by atoms with E-state index >= 15 is 0 Å². The normalized spacial score (nSPS) is 18.1. The molecule has 0 aromatic heterocycles. The number of hydrogen-bond acceptors (Lipinski definition) is 6. The molecule has 2 N–H and O–H groups in total. The highest BCUT2D eigenvalue weighted by Gasteiger charge is 2.28. The number of piperidine rings is 1. The van der Waals surface area contributed by atoms with Crippen LogP contribution < -0.4 is 20.6 Å². The summed E-state index contributed by atoms with van der Waals surface area (Å²) in [5.74, 6) is 4.86. The van der Waals surface area contributed by atoms with Crippen LogP contribution in [0.5, 0.6) is 5.75 Å². The highest BCUT2D eigenvalue weighted by Crippen LogP contribution is 2.37. The third-order valence-electron chi connectivity index (χ3n) is 3.84. The third kappa shape index (κ3) is 2.45. The second-order valence-electron chi connectivity index (χ2n) is 5.42. The standard InChI is InChI=1S/C14H17FN4O3/c1-17-8-14(21)22-12-6-9(15)10(7-11(12)17)19(16)18-5-3-2-4-13(18)20/h6-7H,2-5,8,16H2,1H3. The molecule has 0 saturated carbocycles. The van der Waals surface area contributed by atoms with Crippen LogP contribution in [-0.4, -0.2) is 37.0 Å². The molecule has 2 heterocycles. The zero-order valence-electron chi connectivity index (χ0n) is 12.2. The van der Waals surface area contributed by atoms with Gasteiger partial charge in [-0.3, -0.25) is 4.79 Å². The lowest BCUT2D eigenvalue weighted by atomic mass is 10.1. The molecule has 1 aromatic carbocycles. The Morgan fingerprint density at radius 1 is 1.32 bits per heavy atom. The number of halogens is 1. The van der Waals surface area contributed by atoms with Crippen molar-refractivity contribution in [3.8, 4) is 5.75 Å². The van der Waals surface area contributed by atoms with Crippen LogP contribution in [0, 0.1) is 5.82 Å². The summed E-state index contributed by atoms with van der Waals surface area (Å²) in [6.45, 7) is 0.530. The smallest absolute Gasteiger partial charge is 0.330 e. The molecule has 22 heavy (non-hydrogen) atoms. The van der Waals surface area contributed by atoms with Gasteiger partial charge in [-0.05, 0) is 18.9 Å². The minimum atomic E-state index is -0.650. The molecule has 2 aliphatic rings. The number of benzene rings is 1. The summed E-state index contributed by atoms with van der Waals surface area (Å²) in [5.41, 5.74) is 0.620. The van der Waals surface area contributed by atoms with Gasteiger partial charge in [-0.1, -0.05) is 0 Å². The second-order valence-corrected chi connectivity index (χ2v) is 5.42. The Morgan fingerprint density at radius 2 is 2.09 bits per heavy atom. The number of ether oxygens (including phenoxy) is 1. The molecule has 8 heteroatoms. The van der Waals surface area contributed by atoms with Crippen molar-refractivity contribution in [2.45, 2.75) is 19.3 Å². The van der Waals surface area contributed by atoms with E-state index in [4.69, 9.17) is 10.6 Å². The van der Waals surface area contributed by atoms with E-state index in [2.05, 4.69) is 0 Å². The first-order chi connectivity index (χ1) is 10.5. The number of amides is 1. The highest BCUT2D eigenvalue weighted by atomic mass is 19.1. The van der Waals surface area contributed by atoms with Crippen molar-refractivity contribution in [1.29, 1.82) is 0 Å². The van der Waals surface area contributed by atoms with Crippen molar-refractivity contribution >= 4 is 23.3 Å². The molecule has 2 aliphatic heterocycles. The van der Waals surface area contributed by atoms with Crippen LogP contribution in [0.25, 0.3) is 0 Å². The Labute approximate surface area is 127 Å². The molecular weight excluding hydrogens is 291 g/mol. The van der Waals surface area contributed by atoms with Gasteiger partial charge in [0.15, 0.2) is 11.6 Å². The van der Waals surface area contributed by atoms with E-state index in [1.807, 2.05) is 0 Å². The van der Waals surface area contributed by atoms with Crippen molar-refractivity contribution in [3.63, 3.8) is 0 Å². The number of rotatable bonds is 2. The number of fused-ring (bicyclic) bond motifs is 1. The van der Waals surface area contributed by atoms with Gasteiger partial charge in [0, 0.05) is 26.1 Å². The van der Waals surface area contributed by atoms with Crippen molar-refractivity contribution in [1.82, 2.24) is 5.01 Å². The Balaban J connectivity index is 1.95. The maximum absolute atomic E-state index is 14.3. The van der Waals surface area contributed by atoms with Crippen LogP contribution in [0.15, 0.2) is 12.1 Å². The fourth-order valence-electron chi connectivity index (χ4n) is 2.67. The molecule has 1 fully saturated rings. The van der Waals surface area contributed by atoms with Crippen molar-refractivity contribution in [3.05, 3.63) is 17.9 Å². The Kier molecular flexibility index (Phi) is 3.61. The molecule has 0 radical (unpaired) electrons. The Morgan fingerprint density at radius 3 is 2.82 bits per heavy atom. The summed E-state index contributed by atoms with van der Waals surface area (Å²) < 4.78 is 19.3. The van der Waals surface area contributed by atoms with Crippen LogP contribution in [0.3, 0.4) is 0 Å². The van der Waals surface area contributed by atoms with Gasteiger partial charge < -0.3 is 9.64 Å². The molecule has 1 aromatic rings. The zero-order chi connectivity index (χ0) is 15.9. The van der Waals surface area contributed by atoms with Crippen molar-refractivity contribution < 1.29 is 18.7 Å². The van der Waals surface area contributed by atoms with Crippen LogP contribution in [0.1, 0.15) is 19.3 Å². The lowest BCUT2D eigenvalue weighted by molar-refractivity contribution is -0.134. The minimum Gasteiger partial charge on any atom is -0.423 e. The van der Waals surface area contributed by atoms with Gasteiger partial charge in [-0.2, -0.15) is 0 Å².